The maximum absolute atomic E-state index is 7.13. The van der Waals surface area contributed by atoms with E-state index in [-0.39, 0.29) is 0 Å². The standard InChI is InChI=1S/C50H34O2/c1-2-15-32(16-3-1)46-41-22-10-11-27-44(41)51-50(46)43-26-13-24-40-39-23-12-25-42(48(39)52-49(40)43)47-37-20-8-6-18-35(37)45(36-19-7-9-21-38(36)47)34-29-28-31-14-4-5-17-33(31)30-34/h1-3,6-13,15-16,18-30H,4-5,14,17H2. The number of hydrogen-bond acceptors (Lipinski definition) is 2. The van der Waals surface area contributed by atoms with Crippen LogP contribution in [0.2, 0.25) is 0 Å². The summed E-state index contributed by atoms with van der Waals surface area (Å²) in [6.07, 6.45) is 4.90. The normalized spacial score (nSPS) is 13.1. The Morgan fingerprint density at radius 3 is 1.62 bits per heavy atom. The molecule has 0 saturated heterocycles. The number of aryl methyl sites for hydroxylation is 2. The molecule has 0 saturated carbocycles. The Balaban J connectivity index is 1.19. The third-order valence-electron chi connectivity index (χ3n) is 11.3. The van der Waals surface area contributed by atoms with Crippen molar-refractivity contribution in [3.05, 3.63) is 169 Å². The van der Waals surface area contributed by atoms with Gasteiger partial charge in [0.15, 0.2) is 0 Å². The van der Waals surface area contributed by atoms with Gasteiger partial charge in [-0.25, -0.2) is 0 Å². The maximum Gasteiger partial charge on any atom is 0.147 e. The van der Waals surface area contributed by atoms with E-state index in [2.05, 4.69) is 146 Å². The summed E-state index contributed by atoms with van der Waals surface area (Å²) in [7, 11) is 0. The highest BCUT2D eigenvalue weighted by Gasteiger charge is 2.24. The lowest BCUT2D eigenvalue weighted by Crippen LogP contribution is -2.02. The second-order valence-corrected chi connectivity index (χ2v) is 14.2. The van der Waals surface area contributed by atoms with Gasteiger partial charge in [-0.2, -0.15) is 0 Å². The molecule has 246 valence electrons. The quantitative estimate of drug-likeness (QED) is 0.175. The second kappa shape index (κ2) is 11.6. The molecule has 0 N–H and O–H groups in total. The van der Waals surface area contributed by atoms with E-state index in [1.807, 2.05) is 12.1 Å². The highest BCUT2D eigenvalue weighted by Crippen LogP contribution is 2.49. The molecule has 11 rings (SSSR count). The van der Waals surface area contributed by atoms with Gasteiger partial charge in [0.25, 0.3) is 0 Å². The summed E-state index contributed by atoms with van der Waals surface area (Å²) >= 11 is 0. The van der Waals surface area contributed by atoms with Gasteiger partial charge in [0.05, 0.1) is 5.56 Å². The largest absolute Gasteiger partial charge is 0.455 e. The average molecular weight is 667 g/mol. The summed E-state index contributed by atoms with van der Waals surface area (Å²) in [5.41, 5.74) is 13.6. The van der Waals surface area contributed by atoms with Crippen molar-refractivity contribution < 1.29 is 8.83 Å². The number of rotatable bonds is 4. The summed E-state index contributed by atoms with van der Waals surface area (Å²) in [6, 6.07) is 56.9. The highest BCUT2D eigenvalue weighted by atomic mass is 16.3. The van der Waals surface area contributed by atoms with Gasteiger partial charge < -0.3 is 8.83 Å². The zero-order valence-corrected chi connectivity index (χ0v) is 28.7. The van der Waals surface area contributed by atoms with E-state index in [0.717, 1.165) is 67.3 Å². The molecule has 0 spiro atoms. The van der Waals surface area contributed by atoms with Crippen LogP contribution in [0.4, 0.5) is 0 Å². The molecule has 52 heavy (non-hydrogen) atoms. The first-order valence-electron chi connectivity index (χ1n) is 18.4. The molecular weight excluding hydrogens is 633 g/mol. The Morgan fingerprint density at radius 2 is 0.904 bits per heavy atom. The molecule has 2 aromatic heterocycles. The van der Waals surface area contributed by atoms with E-state index in [9.17, 15) is 0 Å². The Hall–Kier alpha value is -6.38. The Labute approximate surface area is 301 Å². The third-order valence-corrected chi connectivity index (χ3v) is 11.3. The topological polar surface area (TPSA) is 26.3 Å². The van der Waals surface area contributed by atoms with Crippen LogP contribution in [0.15, 0.2) is 167 Å². The van der Waals surface area contributed by atoms with Crippen LogP contribution >= 0.6 is 0 Å². The zero-order chi connectivity index (χ0) is 34.2. The Bertz CT molecular complexity index is 2960. The van der Waals surface area contributed by atoms with Gasteiger partial charge >= 0.3 is 0 Å². The summed E-state index contributed by atoms with van der Waals surface area (Å²) in [4.78, 5) is 0. The Kier molecular flexibility index (Phi) is 6.54. The van der Waals surface area contributed by atoms with Gasteiger partial charge in [0.1, 0.15) is 22.5 Å². The Morgan fingerprint density at radius 1 is 0.346 bits per heavy atom. The van der Waals surface area contributed by atoms with Crippen LogP contribution in [0.25, 0.3) is 99.2 Å². The molecular formula is C50H34O2. The van der Waals surface area contributed by atoms with E-state index < -0.39 is 0 Å². The van der Waals surface area contributed by atoms with Crippen LogP contribution < -0.4 is 0 Å². The first-order valence-corrected chi connectivity index (χ1v) is 18.4. The van der Waals surface area contributed by atoms with Crippen molar-refractivity contribution in [2.45, 2.75) is 25.7 Å². The third kappa shape index (κ3) is 4.37. The van der Waals surface area contributed by atoms with Crippen molar-refractivity contribution >= 4 is 54.5 Å². The minimum Gasteiger partial charge on any atom is -0.455 e. The number of para-hydroxylation sites is 3. The molecule has 0 atom stereocenters. The van der Waals surface area contributed by atoms with Crippen LogP contribution in [0.3, 0.4) is 0 Å². The predicted octanol–water partition coefficient (Wildman–Crippen LogP) is 14.2. The van der Waals surface area contributed by atoms with Gasteiger partial charge in [-0.1, -0.05) is 146 Å². The minimum atomic E-state index is 0.823. The van der Waals surface area contributed by atoms with Crippen molar-refractivity contribution in [3.8, 4) is 44.7 Å². The lowest BCUT2D eigenvalue weighted by Gasteiger charge is -2.20. The molecule has 1 aliphatic carbocycles. The molecule has 1 aliphatic rings. The van der Waals surface area contributed by atoms with Crippen LogP contribution in [-0.4, -0.2) is 0 Å². The molecule has 0 aliphatic heterocycles. The molecule has 8 aromatic carbocycles. The first kappa shape index (κ1) is 29.4. The predicted molar refractivity (Wildman–Crippen MR) is 217 cm³/mol. The molecule has 0 amide bonds. The van der Waals surface area contributed by atoms with Crippen LogP contribution in [0, 0.1) is 0 Å². The van der Waals surface area contributed by atoms with Crippen molar-refractivity contribution in [2.24, 2.45) is 0 Å². The number of furan rings is 2. The van der Waals surface area contributed by atoms with E-state index >= 15 is 0 Å². The molecule has 0 unspecified atom stereocenters. The van der Waals surface area contributed by atoms with Crippen molar-refractivity contribution in [1.29, 1.82) is 0 Å². The molecule has 2 heteroatoms. The number of benzene rings is 8. The molecule has 0 fully saturated rings. The fourth-order valence-corrected chi connectivity index (χ4v) is 8.94. The first-order chi connectivity index (χ1) is 25.8. The molecule has 10 aromatic rings. The summed E-state index contributed by atoms with van der Waals surface area (Å²) in [5.74, 6) is 0.823. The van der Waals surface area contributed by atoms with Crippen molar-refractivity contribution in [2.75, 3.05) is 0 Å². The molecule has 0 bridgehead atoms. The fraction of sp³-hybridized carbons (Fsp3) is 0.0800. The summed E-state index contributed by atoms with van der Waals surface area (Å²) in [6.45, 7) is 0. The van der Waals surface area contributed by atoms with Crippen LogP contribution in [0.1, 0.15) is 24.0 Å². The van der Waals surface area contributed by atoms with Crippen molar-refractivity contribution in [1.82, 2.24) is 0 Å². The van der Waals surface area contributed by atoms with Crippen LogP contribution in [0.5, 0.6) is 0 Å². The second-order valence-electron chi connectivity index (χ2n) is 14.2. The SMILES string of the molecule is c1ccc(-c2c(-c3cccc4c3oc3c(-c5c6ccccc6c(-c6ccc7c(c6)CCCC7)c6ccccc56)cccc34)oc3ccccc23)cc1. The summed E-state index contributed by atoms with van der Waals surface area (Å²) in [5, 5.41) is 8.24. The number of hydrogen-bond donors (Lipinski definition) is 0. The van der Waals surface area contributed by atoms with E-state index in [4.69, 9.17) is 8.83 Å². The molecule has 0 radical (unpaired) electrons. The van der Waals surface area contributed by atoms with Gasteiger partial charge in [0.2, 0.25) is 0 Å². The van der Waals surface area contributed by atoms with E-state index in [1.54, 1.807) is 0 Å². The monoisotopic (exact) mass is 666 g/mol. The fourth-order valence-electron chi connectivity index (χ4n) is 8.94. The van der Waals surface area contributed by atoms with Gasteiger partial charge in [0, 0.05) is 32.8 Å². The lowest BCUT2D eigenvalue weighted by atomic mass is 9.83. The van der Waals surface area contributed by atoms with Crippen LogP contribution in [-0.2, 0) is 12.8 Å². The van der Waals surface area contributed by atoms with Gasteiger partial charge in [-0.15, -0.1) is 0 Å². The summed E-state index contributed by atoms with van der Waals surface area (Å²) < 4.78 is 13.8. The van der Waals surface area contributed by atoms with E-state index in [0.29, 0.717) is 0 Å². The molecule has 2 heterocycles. The van der Waals surface area contributed by atoms with Gasteiger partial charge in [-0.3, -0.25) is 0 Å². The maximum atomic E-state index is 7.13. The van der Waals surface area contributed by atoms with Crippen molar-refractivity contribution in [3.63, 3.8) is 0 Å². The number of fused-ring (bicyclic) bond motifs is 7. The zero-order valence-electron chi connectivity index (χ0n) is 28.7. The minimum absolute atomic E-state index is 0.823. The lowest BCUT2D eigenvalue weighted by molar-refractivity contribution is 0.627. The smallest absolute Gasteiger partial charge is 0.147 e. The van der Waals surface area contributed by atoms with E-state index in [1.165, 1.54) is 68.6 Å². The average Bonchev–Trinajstić information content (AvgIpc) is 3.79. The molecule has 2 nitrogen and oxygen atoms in total. The highest BCUT2D eigenvalue weighted by molar-refractivity contribution is 6.24. The van der Waals surface area contributed by atoms with Gasteiger partial charge in [-0.05, 0) is 87.2 Å².